The average Bonchev–Trinajstić information content (AvgIpc) is 3.13. The minimum Gasteiger partial charge on any atom is -0.394 e. The molecule has 0 bridgehead atoms. The highest BCUT2D eigenvalue weighted by molar-refractivity contribution is 5.21. The van der Waals surface area contributed by atoms with Gasteiger partial charge in [-0.25, -0.2) is 9.67 Å². The van der Waals surface area contributed by atoms with Crippen LogP contribution in [0.2, 0.25) is 0 Å². The molecule has 0 unspecified atom stereocenters. The second-order valence-corrected chi connectivity index (χ2v) is 5.41. The number of rotatable bonds is 6. The zero-order valence-electron chi connectivity index (χ0n) is 12.0. The molecule has 1 aliphatic rings. The van der Waals surface area contributed by atoms with E-state index in [2.05, 4.69) is 15.2 Å². The predicted molar refractivity (Wildman–Crippen MR) is 72.5 cm³/mol. The first-order valence-corrected chi connectivity index (χ1v) is 7.15. The number of aliphatic hydroxyl groups excluding tert-OH is 1. The molecule has 3 rings (SSSR count). The summed E-state index contributed by atoms with van der Waals surface area (Å²) in [5.41, 5.74) is 2.09. The van der Waals surface area contributed by atoms with Gasteiger partial charge < -0.3 is 9.63 Å². The van der Waals surface area contributed by atoms with E-state index in [1.54, 1.807) is 0 Å². The normalized spacial score (nSPS) is 14.9. The second kappa shape index (κ2) is 5.36. The molecule has 0 radical (unpaired) electrons. The molecule has 1 N–H and O–H groups in total. The van der Waals surface area contributed by atoms with Crippen molar-refractivity contribution in [2.45, 2.75) is 52.0 Å². The molecule has 2 aromatic rings. The standard InChI is InChI=1S/C14H20N4O2/c1-9-12(10(2)20-17-9)5-6-13-15-14(11-3-4-11)16-18(13)7-8-19/h11,19H,3-8H2,1-2H3. The number of hydrogen-bond donors (Lipinski definition) is 1. The van der Waals surface area contributed by atoms with E-state index < -0.39 is 0 Å². The van der Waals surface area contributed by atoms with Crippen molar-refractivity contribution >= 4 is 0 Å². The van der Waals surface area contributed by atoms with Gasteiger partial charge >= 0.3 is 0 Å². The topological polar surface area (TPSA) is 77.0 Å². The van der Waals surface area contributed by atoms with Crippen LogP contribution in [-0.2, 0) is 19.4 Å². The largest absolute Gasteiger partial charge is 0.394 e. The van der Waals surface area contributed by atoms with Gasteiger partial charge in [-0.2, -0.15) is 5.10 Å². The summed E-state index contributed by atoms with van der Waals surface area (Å²) in [7, 11) is 0. The van der Waals surface area contributed by atoms with E-state index in [0.717, 1.165) is 41.5 Å². The third-order valence-corrected chi connectivity index (χ3v) is 3.80. The zero-order valence-corrected chi connectivity index (χ0v) is 12.0. The Morgan fingerprint density at radius 2 is 2.10 bits per heavy atom. The SMILES string of the molecule is Cc1noc(C)c1CCc1nc(C2CC2)nn1CCO. The quantitative estimate of drug-likeness (QED) is 0.866. The van der Waals surface area contributed by atoms with Crippen LogP contribution < -0.4 is 0 Å². The maximum atomic E-state index is 9.13. The minimum absolute atomic E-state index is 0.0891. The van der Waals surface area contributed by atoms with Crippen LogP contribution in [0.1, 0.15) is 47.4 Å². The molecule has 0 atom stereocenters. The molecular weight excluding hydrogens is 256 g/mol. The molecule has 1 aliphatic carbocycles. The van der Waals surface area contributed by atoms with Gasteiger partial charge in [0, 0.05) is 17.9 Å². The minimum atomic E-state index is 0.0891. The van der Waals surface area contributed by atoms with Crippen LogP contribution in [0.25, 0.3) is 0 Å². The monoisotopic (exact) mass is 276 g/mol. The van der Waals surface area contributed by atoms with Crippen molar-refractivity contribution in [2.75, 3.05) is 6.61 Å². The lowest BCUT2D eigenvalue weighted by Gasteiger charge is -2.03. The van der Waals surface area contributed by atoms with Crippen molar-refractivity contribution in [1.82, 2.24) is 19.9 Å². The van der Waals surface area contributed by atoms with Crippen LogP contribution in [0.4, 0.5) is 0 Å². The Hall–Kier alpha value is -1.69. The van der Waals surface area contributed by atoms with Gasteiger partial charge in [-0.1, -0.05) is 5.16 Å². The first kappa shape index (κ1) is 13.3. The summed E-state index contributed by atoms with van der Waals surface area (Å²) < 4.78 is 7.02. The third-order valence-electron chi connectivity index (χ3n) is 3.80. The van der Waals surface area contributed by atoms with Gasteiger partial charge in [0.2, 0.25) is 0 Å². The van der Waals surface area contributed by atoms with E-state index in [-0.39, 0.29) is 6.61 Å². The molecule has 0 amide bonds. The lowest BCUT2D eigenvalue weighted by Crippen LogP contribution is -2.10. The van der Waals surface area contributed by atoms with Crippen molar-refractivity contribution in [1.29, 1.82) is 0 Å². The number of aliphatic hydroxyl groups is 1. The summed E-state index contributed by atoms with van der Waals surface area (Å²) in [6.07, 6.45) is 4.01. The summed E-state index contributed by atoms with van der Waals surface area (Å²) in [6, 6.07) is 0. The van der Waals surface area contributed by atoms with E-state index in [1.807, 2.05) is 18.5 Å². The summed E-state index contributed by atoms with van der Waals surface area (Å²) in [5, 5.41) is 17.6. The molecule has 2 aromatic heterocycles. The molecule has 0 aromatic carbocycles. The molecular formula is C14H20N4O2. The van der Waals surface area contributed by atoms with Crippen molar-refractivity contribution in [3.8, 4) is 0 Å². The summed E-state index contributed by atoms with van der Waals surface area (Å²) in [5.74, 6) is 3.29. The lowest BCUT2D eigenvalue weighted by molar-refractivity contribution is 0.266. The fourth-order valence-corrected chi connectivity index (χ4v) is 2.46. The Balaban J connectivity index is 1.75. The molecule has 0 aliphatic heterocycles. The van der Waals surface area contributed by atoms with Gasteiger partial charge in [0.05, 0.1) is 18.8 Å². The van der Waals surface area contributed by atoms with Crippen LogP contribution in [0.3, 0.4) is 0 Å². The number of aromatic nitrogens is 4. The Morgan fingerprint density at radius 3 is 2.70 bits per heavy atom. The van der Waals surface area contributed by atoms with Crippen LogP contribution >= 0.6 is 0 Å². The Labute approximate surface area is 117 Å². The number of hydrogen-bond acceptors (Lipinski definition) is 5. The average molecular weight is 276 g/mol. The molecule has 6 nitrogen and oxygen atoms in total. The molecule has 2 heterocycles. The van der Waals surface area contributed by atoms with Gasteiger partial charge in [-0.05, 0) is 33.1 Å². The Morgan fingerprint density at radius 1 is 1.30 bits per heavy atom. The van der Waals surface area contributed by atoms with Crippen LogP contribution in [0, 0.1) is 13.8 Å². The maximum Gasteiger partial charge on any atom is 0.154 e. The number of aryl methyl sites for hydroxylation is 3. The molecule has 0 saturated heterocycles. The van der Waals surface area contributed by atoms with E-state index in [9.17, 15) is 0 Å². The maximum absolute atomic E-state index is 9.13. The molecule has 1 saturated carbocycles. The summed E-state index contributed by atoms with van der Waals surface area (Å²) in [4.78, 5) is 4.64. The molecule has 1 fully saturated rings. The van der Waals surface area contributed by atoms with Crippen LogP contribution in [0.15, 0.2) is 4.52 Å². The zero-order chi connectivity index (χ0) is 14.1. The van der Waals surface area contributed by atoms with Gasteiger partial charge in [-0.15, -0.1) is 0 Å². The Bertz CT molecular complexity index is 579. The van der Waals surface area contributed by atoms with Crippen LogP contribution in [0.5, 0.6) is 0 Å². The lowest BCUT2D eigenvalue weighted by atomic mass is 10.1. The highest BCUT2D eigenvalue weighted by Gasteiger charge is 2.28. The van der Waals surface area contributed by atoms with E-state index in [4.69, 9.17) is 9.63 Å². The third kappa shape index (κ3) is 2.60. The Kier molecular flexibility index (Phi) is 3.56. The van der Waals surface area contributed by atoms with Crippen molar-refractivity contribution < 1.29 is 9.63 Å². The first-order valence-electron chi connectivity index (χ1n) is 7.15. The van der Waals surface area contributed by atoms with Gasteiger partial charge in [0.15, 0.2) is 5.82 Å². The van der Waals surface area contributed by atoms with E-state index in [1.165, 1.54) is 12.8 Å². The smallest absolute Gasteiger partial charge is 0.154 e. The molecule has 0 spiro atoms. The first-order chi connectivity index (χ1) is 9.69. The highest BCUT2D eigenvalue weighted by Crippen LogP contribution is 2.38. The van der Waals surface area contributed by atoms with Gasteiger partial charge in [0.1, 0.15) is 11.6 Å². The van der Waals surface area contributed by atoms with Gasteiger partial charge in [-0.3, -0.25) is 0 Å². The molecule has 6 heteroatoms. The highest BCUT2D eigenvalue weighted by atomic mass is 16.5. The number of nitrogens with zero attached hydrogens (tertiary/aromatic N) is 4. The van der Waals surface area contributed by atoms with Crippen molar-refractivity contribution in [3.63, 3.8) is 0 Å². The van der Waals surface area contributed by atoms with Crippen molar-refractivity contribution in [3.05, 3.63) is 28.7 Å². The fraction of sp³-hybridized carbons (Fsp3) is 0.643. The summed E-state index contributed by atoms with van der Waals surface area (Å²) in [6.45, 7) is 4.49. The van der Waals surface area contributed by atoms with Crippen molar-refractivity contribution in [2.24, 2.45) is 0 Å². The van der Waals surface area contributed by atoms with E-state index in [0.29, 0.717) is 12.5 Å². The molecule has 20 heavy (non-hydrogen) atoms. The van der Waals surface area contributed by atoms with Gasteiger partial charge in [0.25, 0.3) is 0 Å². The van der Waals surface area contributed by atoms with E-state index >= 15 is 0 Å². The summed E-state index contributed by atoms with van der Waals surface area (Å²) >= 11 is 0. The van der Waals surface area contributed by atoms with Crippen LogP contribution in [-0.4, -0.2) is 31.6 Å². The second-order valence-electron chi connectivity index (χ2n) is 5.41. The molecule has 108 valence electrons. The predicted octanol–water partition coefficient (Wildman–Crippen LogP) is 1.54. The fourth-order valence-electron chi connectivity index (χ4n) is 2.46.